The van der Waals surface area contributed by atoms with Crippen molar-refractivity contribution in [3.63, 3.8) is 0 Å². The van der Waals surface area contributed by atoms with Crippen molar-refractivity contribution in [2.45, 2.75) is 18.9 Å². The van der Waals surface area contributed by atoms with Crippen molar-refractivity contribution in [1.82, 2.24) is 14.7 Å². The number of aromatic nitrogens is 2. The third kappa shape index (κ3) is 2.41. The summed E-state index contributed by atoms with van der Waals surface area (Å²) in [5, 5.41) is 4.23. The zero-order valence-corrected chi connectivity index (χ0v) is 9.50. The molecule has 5 nitrogen and oxygen atoms in total. The average molecular weight is 223 g/mol. The van der Waals surface area contributed by atoms with E-state index in [1.54, 1.807) is 13.3 Å². The fourth-order valence-electron chi connectivity index (χ4n) is 2.09. The Labute approximate surface area is 95.0 Å². The standard InChI is InChI=1S/C11H17N3O2/c1-16-9-11(15)13-7-3-10(4-8-13)14-6-2-5-12-14/h2,5-6,10H,3-4,7-9H2,1H3. The zero-order valence-electron chi connectivity index (χ0n) is 9.50. The molecule has 1 amide bonds. The molecule has 88 valence electrons. The fraction of sp³-hybridized carbons (Fsp3) is 0.636. The predicted octanol–water partition coefficient (Wildman–Crippen LogP) is 0.693. The maximum absolute atomic E-state index is 11.6. The van der Waals surface area contributed by atoms with E-state index in [2.05, 4.69) is 5.10 Å². The normalized spacial score (nSPS) is 17.7. The molecule has 0 unspecified atom stereocenters. The summed E-state index contributed by atoms with van der Waals surface area (Å²) >= 11 is 0. The number of piperidine rings is 1. The number of carbonyl (C=O) groups excluding carboxylic acids is 1. The lowest BCUT2D eigenvalue weighted by Gasteiger charge is -2.31. The van der Waals surface area contributed by atoms with Gasteiger partial charge in [0.1, 0.15) is 6.61 Å². The molecule has 1 saturated heterocycles. The average Bonchev–Trinajstić information content (AvgIpc) is 2.83. The van der Waals surface area contributed by atoms with Crippen LogP contribution in [0, 0.1) is 0 Å². The van der Waals surface area contributed by atoms with Gasteiger partial charge in [-0.05, 0) is 18.9 Å². The minimum atomic E-state index is 0.0846. The number of carbonyl (C=O) groups is 1. The van der Waals surface area contributed by atoms with Gasteiger partial charge in [-0.3, -0.25) is 9.48 Å². The molecule has 1 aromatic rings. The van der Waals surface area contributed by atoms with E-state index in [1.807, 2.05) is 21.8 Å². The van der Waals surface area contributed by atoms with Gasteiger partial charge in [0.05, 0.1) is 6.04 Å². The number of methoxy groups -OCH3 is 1. The summed E-state index contributed by atoms with van der Waals surface area (Å²) in [6, 6.07) is 2.37. The van der Waals surface area contributed by atoms with Crippen LogP contribution in [0.4, 0.5) is 0 Å². The quantitative estimate of drug-likeness (QED) is 0.757. The van der Waals surface area contributed by atoms with Crippen molar-refractivity contribution in [3.8, 4) is 0 Å². The van der Waals surface area contributed by atoms with Crippen molar-refractivity contribution >= 4 is 5.91 Å². The van der Waals surface area contributed by atoms with Gasteiger partial charge in [0.25, 0.3) is 0 Å². The van der Waals surface area contributed by atoms with Crippen LogP contribution in [0.25, 0.3) is 0 Å². The lowest BCUT2D eigenvalue weighted by atomic mass is 10.1. The molecule has 0 radical (unpaired) electrons. The molecule has 16 heavy (non-hydrogen) atoms. The number of nitrogens with zero attached hydrogens (tertiary/aromatic N) is 3. The van der Waals surface area contributed by atoms with Gasteiger partial charge in [0, 0.05) is 32.6 Å². The molecule has 0 spiro atoms. The Kier molecular flexibility index (Phi) is 3.56. The Balaban J connectivity index is 1.85. The van der Waals surface area contributed by atoms with Crippen molar-refractivity contribution < 1.29 is 9.53 Å². The zero-order chi connectivity index (χ0) is 11.4. The van der Waals surface area contributed by atoms with E-state index in [0.29, 0.717) is 6.04 Å². The highest BCUT2D eigenvalue weighted by atomic mass is 16.5. The highest BCUT2D eigenvalue weighted by Gasteiger charge is 2.23. The summed E-state index contributed by atoms with van der Waals surface area (Å²) in [5.74, 6) is 0.0846. The van der Waals surface area contributed by atoms with E-state index in [4.69, 9.17) is 4.74 Å². The van der Waals surface area contributed by atoms with Crippen LogP contribution in [0.15, 0.2) is 18.5 Å². The van der Waals surface area contributed by atoms with Crippen LogP contribution in [0.2, 0.25) is 0 Å². The van der Waals surface area contributed by atoms with E-state index >= 15 is 0 Å². The number of ether oxygens (including phenoxy) is 1. The molecule has 1 aromatic heterocycles. The summed E-state index contributed by atoms with van der Waals surface area (Å²) in [7, 11) is 1.55. The second kappa shape index (κ2) is 5.12. The Morgan fingerprint density at radius 1 is 1.50 bits per heavy atom. The Morgan fingerprint density at radius 2 is 2.25 bits per heavy atom. The first-order chi connectivity index (χ1) is 7.81. The molecule has 2 heterocycles. The summed E-state index contributed by atoms with van der Waals surface area (Å²) < 4.78 is 6.83. The van der Waals surface area contributed by atoms with E-state index in [9.17, 15) is 4.79 Å². The van der Waals surface area contributed by atoms with E-state index in [1.165, 1.54) is 0 Å². The molecular weight excluding hydrogens is 206 g/mol. The first kappa shape index (κ1) is 11.1. The molecule has 0 bridgehead atoms. The lowest BCUT2D eigenvalue weighted by molar-refractivity contribution is -0.136. The van der Waals surface area contributed by atoms with Crippen molar-refractivity contribution in [2.24, 2.45) is 0 Å². The van der Waals surface area contributed by atoms with Gasteiger partial charge in [-0.2, -0.15) is 5.10 Å². The largest absolute Gasteiger partial charge is 0.375 e. The van der Waals surface area contributed by atoms with Crippen LogP contribution < -0.4 is 0 Å². The summed E-state index contributed by atoms with van der Waals surface area (Å²) in [4.78, 5) is 13.4. The number of hydrogen-bond donors (Lipinski definition) is 0. The summed E-state index contributed by atoms with van der Waals surface area (Å²) in [6.07, 6.45) is 5.72. The Hall–Kier alpha value is -1.36. The molecular formula is C11H17N3O2. The summed E-state index contributed by atoms with van der Waals surface area (Å²) in [5.41, 5.74) is 0. The molecule has 1 aliphatic rings. The van der Waals surface area contributed by atoms with Crippen molar-refractivity contribution in [1.29, 1.82) is 0 Å². The SMILES string of the molecule is COCC(=O)N1CCC(n2cccn2)CC1. The van der Waals surface area contributed by atoms with Gasteiger partial charge in [-0.25, -0.2) is 0 Å². The monoisotopic (exact) mass is 223 g/mol. The predicted molar refractivity (Wildman–Crippen MR) is 59.0 cm³/mol. The van der Waals surface area contributed by atoms with Crippen molar-refractivity contribution in [2.75, 3.05) is 26.8 Å². The molecule has 0 aromatic carbocycles. The van der Waals surface area contributed by atoms with Gasteiger partial charge in [-0.15, -0.1) is 0 Å². The molecule has 5 heteroatoms. The maximum atomic E-state index is 11.6. The molecule has 0 saturated carbocycles. The molecule has 1 aliphatic heterocycles. The molecule has 1 fully saturated rings. The second-order valence-electron chi connectivity index (χ2n) is 4.03. The van der Waals surface area contributed by atoms with Crippen LogP contribution >= 0.6 is 0 Å². The van der Waals surface area contributed by atoms with Crippen LogP contribution in [-0.4, -0.2) is 47.4 Å². The molecule has 2 rings (SSSR count). The number of amides is 1. The minimum absolute atomic E-state index is 0.0846. The van der Waals surface area contributed by atoms with E-state index in [-0.39, 0.29) is 12.5 Å². The van der Waals surface area contributed by atoms with Gasteiger partial charge in [0.2, 0.25) is 5.91 Å². The minimum Gasteiger partial charge on any atom is -0.375 e. The van der Waals surface area contributed by atoms with E-state index in [0.717, 1.165) is 25.9 Å². The third-order valence-electron chi connectivity index (χ3n) is 2.98. The fourth-order valence-corrected chi connectivity index (χ4v) is 2.09. The van der Waals surface area contributed by atoms with Crippen LogP contribution in [0.3, 0.4) is 0 Å². The molecule has 0 N–H and O–H groups in total. The van der Waals surface area contributed by atoms with Gasteiger partial charge in [0.15, 0.2) is 0 Å². The van der Waals surface area contributed by atoms with Gasteiger partial charge < -0.3 is 9.64 Å². The second-order valence-corrected chi connectivity index (χ2v) is 4.03. The van der Waals surface area contributed by atoms with Gasteiger partial charge in [-0.1, -0.05) is 0 Å². The topological polar surface area (TPSA) is 47.4 Å². The van der Waals surface area contributed by atoms with Crippen LogP contribution in [0.5, 0.6) is 0 Å². The number of rotatable bonds is 3. The summed E-state index contributed by atoms with van der Waals surface area (Å²) in [6.45, 7) is 1.78. The molecule has 0 aliphatic carbocycles. The van der Waals surface area contributed by atoms with Crippen LogP contribution in [-0.2, 0) is 9.53 Å². The number of hydrogen-bond acceptors (Lipinski definition) is 3. The maximum Gasteiger partial charge on any atom is 0.248 e. The Morgan fingerprint density at radius 3 is 2.81 bits per heavy atom. The number of likely N-dealkylation sites (tertiary alicyclic amines) is 1. The van der Waals surface area contributed by atoms with Crippen LogP contribution in [0.1, 0.15) is 18.9 Å². The highest BCUT2D eigenvalue weighted by Crippen LogP contribution is 2.21. The first-order valence-corrected chi connectivity index (χ1v) is 5.57. The van der Waals surface area contributed by atoms with Crippen molar-refractivity contribution in [3.05, 3.63) is 18.5 Å². The smallest absolute Gasteiger partial charge is 0.248 e. The van der Waals surface area contributed by atoms with Gasteiger partial charge >= 0.3 is 0 Å². The molecule has 0 atom stereocenters. The third-order valence-corrected chi connectivity index (χ3v) is 2.98. The lowest BCUT2D eigenvalue weighted by Crippen LogP contribution is -2.40. The Bertz CT molecular complexity index is 329. The highest BCUT2D eigenvalue weighted by molar-refractivity contribution is 5.77. The first-order valence-electron chi connectivity index (χ1n) is 5.57. The van der Waals surface area contributed by atoms with E-state index < -0.39 is 0 Å².